The first-order chi connectivity index (χ1) is 9.28. The highest BCUT2D eigenvalue weighted by molar-refractivity contribution is 6.31. The lowest BCUT2D eigenvalue weighted by atomic mass is 10.2. The second-order valence-corrected chi connectivity index (χ2v) is 5.55. The first-order valence-electron chi connectivity index (χ1n) is 6.22. The predicted molar refractivity (Wildman–Crippen MR) is 78.8 cm³/mol. The molecule has 108 valence electrons. The van der Waals surface area contributed by atoms with E-state index >= 15 is 0 Å². The molecule has 0 saturated heterocycles. The molecule has 0 aliphatic rings. The zero-order valence-corrected chi connectivity index (χ0v) is 12.5. The molecule has 0 spiro atoms. The SMILES string of the molecule is CC(C)(C)OC(=O)NCCC#Cc1ccc(O)cc1Cl. The molecule has 0 unspecified atom stereocenters. The van der Waals surface area contributed by atoms with Crippen molar-refractivity contribution in [3.63, 3.8) is 0 Å². The van der Waals surface area contributed by atoms with Crippen LogP contribution >= 0.6 is 11.6 Å². The number of aromatic hydroxyl groups is 1. The fourth-order valence-electron chi connectivity index (χ4n) is 1.30. The number of amides is 1. The number of alkyl carbamates (subject to hydrolysis) is 1. The van der Waals surface area contributed by atoms with Gasteiger partial charge in [0.2, 0.25) is 0 Å². The molecule has 0 heterocycles. The first-order valence-corrected chi connectivity index (χ1v) is 6.60. The molecule has 0 aromatic heterocycles. The van der Waals surface area contributed by atoms with Crippen molar-refractivity contribution in [2.75, 3.05) is 6.54 Å². The molecule has 1 amide bonds. The Morgan fingerprint density at radius 3 is 2.75 bits per heavy atom. The van der Waals surface area contributed by atoms with Crippen LogP contribution in [0.4, 0.5) is 4.79 Å². The molecule has 0 fully saturated rings. The standard InChI is InChI=1S/C15H18ClNO3/c1-15(2,3)20-14(19)17-9-5-4-6-11-7-8-12(18)10-13(11)16/h7-8,10,18H,5,9H2,1-3H3,(H,17,19). The summed E-state index contributed by atoms with van der Waals surface area (Å²) < 4.78 is 5.09. The van der Waals surface area contributed by atoms with Gasteiger partial charge in [0.15, 0.2) is 0 Å². The summed E-state index contributed by atoms with van der Waals surface area (Å²) in [6.07, 6.45) is 0.0261. The molecule has 1 aromatic rings. The zero-order valence-electron chi connectivity index (χ0n) is 11.8. The molecule has 0 bridgehead atoms. The molecule has 0 aliphatic carbocycles. The van der Waals surface area contributed by atoms with Crippen LogP contribution in [0.1, 0.15) is 32.8 Å². The Morgan fingerprint density at radius 2 is 2.15 bits per heavy atom. The number of carbonyl (C=O) groups excluding carboxylic acids is 1. The molecule has 2 N–H and O–H groups in total. The van der Waals surface area contributed by atoms with Crippen LogP contribution in [0.5, 0.6) is 5.75 Å². The summed E-state index contributed by atoms with van der Waals surface area (Å²) in [6, 6.07) is 4.60. The molecule has 0 radical (unpaired) electrons. The summed E-state index contributed by atoms with van der Waals surface area (Å²) in [7, 11) is 0. The molecular weight excluding hydrogens is 278 g/mol. The van der Waals surface area contributed by atoms with Crippen molar-refractivity contribution in [3.8, 4) is 17.6 Å². The fraction of sp³-hybridized carbons (Fsp3) is 0.400. The molecule has 0 aliphatic heterocycles. The van der Waals surface area contributed by atoms with Gasteiger partial charge in [0.1, 0.15) is 11.4 Å². The van der Waals surface area contributed by atoms with Gasteiger partial charge in [-0.1, -0.05) is 23.4 Å². The molecule has 5 heteroatoms. The van der Waals surface area contributed by atoms with E-state index in [9.17, 15) is 9.90 Å². The van der Waals surface area contributed by atoms with Gasteiger partial charge < -0.3 is 15.2 Å². The smallest absolute Gasteiger partial charge is 0.407 e. The summed E-state index contributed by atoms with van der Waals surface area (Å²) >= 11 is 5.91. The number of carbonyl (C=O) groups is 1. The van der Waals surface area contributed by atoms with Crippen molar-refractivity contribution in [1.29, 1.82) is 0 Å². The lowest BCUT2D eigenvalue weighted by molar-refractivity contribution is 0.0529. The van der Waals surface area contributed by atoms with Crippen LogP contribution in [0.15, 0.2) is 18.2 Å². The minimum atomic E-state index is -0.505. The van der Waals surface area contributed by atoms with Crippen LogP contribution < -0.4 is 5.32 Å². The number of halogens is 1. The summed E-state index contributed by atoms with van der Waals surface area (Å²) in [5.74, 6) is 5.87. The average molecular weight is 296 g/mol. The summed E-state index contributed by atoms with van der Waals surface area (Å²) in [4.78, 5) is 11.4. The third-order valence-corrected chi connectivity index (χ3v) is 2.41. The number of hydrogen-bond donors (Lipinski definition) is 2. The largest absolute Gasteiger partial charge is 0.508 e. The van der Waals surface area contributed by atoms with E-state index in [0.717, 1.165) is 0 Å². The van der Waals surface area contributed by atoms with Gasteiger partial charge in [0.05, 0.1) is 5.02 Å². The predicted octanol–water partition coefficient (Wildman–Crippen LogP) is 3.31. The van der Waals surface area contributed by atoms with Crippen LogP contribution in [0.3, 0.4) is 0 Å². The second-order valence-electron chi connectivity index (χ2n) is 5.14. The van der Waals surface area contributed by atoms with E-state index in [1.54, 1.807) is 26.8 Å². The van der Waals surface area contributed by atoms with E-state index in [1.165, 1.54) is 12.1 Å². The zero-order chi connectivity index (χ0) is 15.2. The Bertz CT molecular complexity index is 538. The Kier molecular flexibility index (Phi) is 5.72. The highest BCUT2D eigenvalue weighted by Gasteiger charge is 2.15. The van der Waals surface area contributed by atoms with Gasteiger partial charge in [-0.2, -0.15) is 0 Å². The van der Waals surface area contributed by atoms with E-state index < -0.39 is 11.7 Å². The molecular formula is C15H18ClNO3. The Morgan fingerprint density at radius 1 is 1.45 bits per heavy atom. The third kappa shape index (κ3) is 6.35. The van der Waals surface area contributed by atoms with Crippen LogP contribution in [-0.2, 0) is 4.74 Å². The number of phenols is 1. The lowest BCUT2D eigenvalue weighted by Crippen LogP contribution is -2.32. The molecule has 20 heavy (non-hydrogen) atoms. The molecule has 0 saturated carbocycles. The van der Waals surface area contributed by atoms with E-state index in [0.29, 0.717) is 23.6 Å². The minimum Gasteiger partial charge on any atom is -0.508 e. The van der Waals surface area contributed by atoms with Crippen LogP contribution in [0.25, 0.3) is 0 Å². The van der Waals surface area contributed by atoms with Crippen molar-refractivity contribution in [2.45, 2.75) is 32.8 Å². The van der Waals surface area contributed by atoms with E-state index in [2.05, 4.69) is 17.2 Å². The maximum Gasteiger partial charge on any atom is 0.407 e. The average Bonchev–Trinajstić information content (AvgIpc) is 2.28. The van der Waals surface area contributed by atoms with E-state index in [1.807, 2.05) is 0 Å². The quantitative estimate of drug-likeness (QED) is 0.650. The number of benzene rings is 1. The number of rotatable bonds is 2. The lowest BCUT2D eigenvalue weighted by Gasteiger charge is -2.19. The topological polar surface area (TPSA) is 58.6 Å². The van der Waals surface area contributed by atoms with Gasteiger partial charge in [-0.25, -0.2) is 4.79 Å². The summed E-state index contributed by atoms with van der Waals surface area (Å²) in [5, 5.41) is 12.2. The number of ether oxygens (including phenoxy) is 1. The minimum absolute atomic E-state index is 0.104. The number of hydrogen-bond acceptors (Lipinski definition) is 3. The van der Waals surface area contributed by atoms with E-state index in [-0.39, 0.29) is 5.75 Å². The van der Waals surface area contributed by atoms with Gasteiger partial charge >= 0.3 is 6.09 Å². The van der Waals surface area contributed by atoms with Crippen molar-refractivity contribution < 1.29 is 14.6 Å². The molecule has 1 rings (SSSR count). The Balaban J connectivity index is 2.38. The van der Waals surface area contributed by atoms with Crippen molar-refractivity contribution in [3.05, 3.63) is 28.8 Å². The fourth-order valence-corrected chi connectivity index (χ4v) is 1.53. The molecule has 1 aromatic carbocycles. The number of phenolic OH excluding ortho intramolecular Hbond substituents is 1. The van der Waals surface area contributed by atoms with Crippen LogP contribution in [0.2, 0.25) is 5.02 Å². The van der Waals surface area contributed by atoms with Crippen LogP contribution in [-0.4, -0.2) is 23.3 Å². The highest BCUT2D eigenvalue weighted by Crippen LogP contribution is 2.20. The van der Waals surface area contributed by atoms with Crippen molar-refractivity contribution in [2.24, 2.45) is 0 Å². The molecule has 0 atom stereocenters. The van der Waals surface area contributed by atoms with Gasteiger partial charge in [0.25, 0.3) is 0 Å². The van der Waals surface area contributed by atoms with Crippen LogP contribution in [0, 0.1) is 11.8 Å². The van der Waals surface area contributed by atoms with Crippen molar-refractivity contribution in [1.82, 2.24) is 5.32 Å². The van der Waals surface area contributed by atoms with Gasteiger partial charge in [0, 0.05) is 18.5 Å². The normalized spacial score (nSPS) is 10.4. The highest BCUT2D eigenvalue weighted by atomic mass is 35.5. The monoisotopic (exact) mass is 295 g/mol. The van der Waals surface area contributed by atoms with Gasteiger partial charge in [-0.05, 0) is 39.0 Å². The van der Waals surface area contributed by atoms with Gasteiger partial charge in [-0.3, -0.25) is 0 Å². The van der Waals surface area contributed by atoms with E-state index in [4.69, 9.17) is 16.3 Å². The van der Waals surface area contributed by atoms with Crippen molar-refractivity contribution >= 4 is 17.7 Å². The summed E-state index contributed by atoms with van der Waals surface area (Å²) in [5.41, 5.74) is 0.136. The third-order valence-electron chi connectivity index (χ3n) is 2.09. The maximum atomic E-state index is 11.4. The maximum absolute atomic E-state index is 11.4. The summed E-state index contributed by atoms with van der Waals surface area (Å²) in [6.45, 7) is 5.81. The first kappa shape index (κ1) is 16.2. The Labute approximate surface area is 124 Å². The Hall–Kier alpha value is -1.86. The number of nitrogens with one attached hydrogen (secondary N) is 1. The molecule has 4 nitrogen and oxygen atoms in total. The second kappa shape index (κ2) is 7.06. The van der Waals surface area contributed by atoms with Gasteiger partial charge in [-0.15, -0.1) is 0 Å².